The Kier molecular flexibility index (Phi) is 7.63. The van der Waals surface area contributed by atoms with Crippen molar-refractivity contribution < 1.29 is 37.0 Å². The Morgan fingerprint density at radius 2 is 1.78 bits per heavy atom. The van der Waals surface area contributed by atoms with Gasteiger partial charge >= 0.3 is 12.1 Å². The zero-order chi connectivity index (χ0) is 29.3. The number of ether oxygens (including phenoxy) is 1. The Morgan fingerprint density at radius 1 is 1.10 bits per heavy atom. The van der Waals surface area contributed by atoms with E-state index in [4.69, 9.17) is 16.3 Å². The van der Waals surface area contributed by atoms with Gasteiger partial charge in [-0.05, 0) is 55.2 Å². The van der Waals surface area contributed by atoms with Crippen LogP contribution in [0.2, 0.25) is 5.02 Å². The molecule has 9 nitrogen and oxygen atoms in total. The smallest absolute Gasteiger partial charge is 0.421 e. The van der Waals surface area contributed by atoms with Gasteiger partial charge in [0.25, 0.3) is 5.91 Å². The Balaban J connectivity index is 1.53. The molecule has 0 unspecified atom stereocenters. The van der Waals surface area contributed by atoms with Crippen LogP contribution in [-0.4, -0.2) is 43.0 Å². The van der Waals surface area contributed by atoms with Crippen LogP contribution in [-0.2, 0) is 12.7 Å². The van der Waals surface area contributed by atoms with Crippen molar-refractivity contribution in [3.8, 4) is 11.6 Å². The van der Waals surface area contributed by atoms with Crippen molar-refractivity contribution in [2.45, 2.75) is 38.0 Å². The lowest BCUT2D eigenvalue weighted by molar-refractivity contribution is -0.139. The average molecular weight is 590 g/mol. The van der Waals surface area contributed by atoms with Crippen molar-refractivity contribution in [2.75, 3.05) is 4.90 Å². The molecule has 0 spiro atoms. The summed E-state index contributed by atoms with van der Waals surface area (Å²) in [7, 11) is 0. The number of aromatic carboxylic acids is 1. The van der Waals surface area contributed by atoms with Crippen molar-refractivity contribution in [1.29, 1.82) is 0 Å². The van der Waals surface area contributed by atoms with E-state index < -0.39 is 52.7 Å². The van der Waals surface area contributed by atoms with Gasteiger partial charge in [0.2, 0.25) is 5.88 Å². The third kappa shape index (κ3) is 5.99. The van der Waals surface area contributed by atoms with Crippen LogP contribution in [0.15, 0.2) is 61.1 Å². The minimum absolute atomic E-state index is 0.0970. The number of carbonyl (C=O) groups is 2. The van der Waals surface area contributed by atoms with Crippen molar-refractivity contribution >= 4 is 29.2 Å². The molecule has 0 radical (unpaired) electrons. The first-order chi connectivity index (χ1) is 19.5. The number of alkyl halides is 3. The maximum Gasteiger partial charge on any atom is 0.421 e. The van der Waals surface area contributed by atoms with Gasteiger partial charge in [-0.3, -0.25) is 4.79 Å². The lowest BCUT2D eigenvalue weighted by atomic mass is 9.89. The van der Waals surface area contributed by atoms with Crippen molar-refractivity contribution in [3.63, 3.8) is 0 Å². The summed E-state index contributed by atoms with van der Waals surface area (Å²) >= 11 is 5.92. The van der Waals surface area contributed by atoms with Gasteiger partial charge in [0.1, 0.15) is 5.56 Å². The highest BCUT2D eigenvalue weighted by Crippen LogP contribution is 2.40. The summed E-state index contributed by atoms with van der Waals surface area (Å²) in [6.45, 7) is -0.117. The van der Waals surface area contributed by atoms with Gasteiger partial charge in [0.05, 0.1) is 30.2 Å². The predicted octanol–water partition coefficient (Wildman–Crippen LogP) is 6.22. The molecule has 1 N–H and O–H groups in total. The molecule has 2 aromatic heterocycles. The predicted molar refractivity (Wildman–Crippen MR) is 138 cm³/mol. The number of hydrogen-bond donors (Lipinski definition) is 1. The fourth-order valence-corrected chi connectivity index (χ4v) is 4.42. The Labute approximate surface area is 234 Å². The summed E-state index contributed by atoms with van der Waals surface area (Å²) in [5, 5.41) is 18.0. The number of nitrogens with zero attached hydrogens (tertiary/aromatic N) is 5. The van der Waals surface area contributed by atoms with Gasteiger partial charge < -0.3 is 14.7 Å². The van der Waals surface area contributed by atoms with E-state index in [1.807, 2.05) is 0 Å². The van der Waals surface area contributed by atoms with Crippen LogP contribution in [0.3, 0.4) is 0 Å². The van der Waals surface area contributed by atoms with E-state index in [1.165, 1.54) is 41.6 Å². The number of carboxylic acid groups (broad SMARTS) is 1. The second kappa shape index (κ2) is 11.2. The standard InChI is InChI=1S/C27H20ClF4N5O4/c28-17-6-4-16(5-7-17)25(38)37(18-2-1-3-18)22-12-21(29)23(11-19(22)26(39)40)41-24-20(27(30,31)32)10-15(13-33-24)14-36-34-8-9-35-36/h4-13,18H,1-3,14H2,(H,39,40). The molecule has 41 heavy (non-hydrogen) atoms. The van der Waals surface area contributed by atoms with Crippen LogP contribution in [0.25, 0.3) is 0 Å². The van der Waals surface area contributed by atoms with E-state index in [0.717, 1.165) is 35.6 Å². The largest absolute Gasteiger partial charge is 0.478 e. The zero-order valence-electron chi connectivity index (χ0n) is 21.0. The molecule has 4 aromatic rings. The molecule has 2 heterocycles. The first-order valence-corrected chi connectivity index (χ1v) is 12.6. The normalized spacial score (nSPS) is 13.5. The number of carbonyl (C=O) groups excluding carboxylic acids is 1. The number of amides is 1. The minimum atomic E-state index is -4.94. The molecule has 5 rings (SSSR count). The average Bonchev–Trinajstić information content (AvgIpc) is 3.40. The molecule has 1 aliphatic rings. The van der Waals surface area contributed by atoms with Gasteiger partial charge in [-0.25, -0.2) is 14.2 Å². The number of pyridine rings is 1. The second-order valence-electron chi connectivity index (χ2n) is 9.23. The summed E-state index contributed by atoms with van der Waals surface area (Å²) < 4.78 is 62.3. The maximum absolute atomic E-state index is 15.4. The molecule has 0 bridgehead atoms. The van der Waals surface area contributed by atoms with E-state index in [9.17, 15) is 27.9 Å². The van der Waals surface area contributed by atoms with Crippen LogP contribution >= 0.6 is 11.6 Å². The van der Waals surface area contributed by atoms with Crippen LogP contribution in [0.5, 0.6) is 11.6 Å². The third-order valence-electron chi connectivity index (χ3n) is 6.50. The van der Waals surface area contributed by atoms with E-state index in [2.05, 4.69) is 15.2 Å². The van der Waals surface area contributed by atoms with Gasteiger partial charge in [0, 0.05) is 35.0 Å². The number of carboxylic acids is 1. The SMILES string of the molecule is O=C(O)c1cc(Oc2ncc(Cn3nccn3)cc2C(F)(F)F)c(F)cc1N(C(=O)c1ccc(Cl)cc1)C1CCC1. The highest BCUT2D eigenvalue weighted by molar-refractivity contribution is 6.30. The number of aromatic nitrogens is 4. The lowest BCUT2D eigenvalue weighted by Gasteiger charge is -2.38. The molecular weight excluding hydrogens is 570 g/mol. The fourth-order valence-electron chi connectivity index (χ4n) is 4.30. The fraction of sp³-hybridized carbons (Fsp3) is 0.222. The molecule has 2 aromatic carbocycles. The number of anilines is 1. The molecule has 14 heteroatoms. The number of halogens is 5. The molecular formula is C27H20ClF4N5O4. The van der Waals surface area contributed by atoms with Gasteiger partial charge in [-0.2, -0.15) is 28.2 Å². The first-order valence-electron chi connectivity index (χ1n) is 12.3. The topological polar surface area (TPSA) is 110 Å². The molecule has 0 aliphatic heterocycles. The molecule has 212 valence electrons. The second-order valence-corrected chi connectivity index (χ2v) is 9.66. The van der Waals surface area contributed by atoms with Gasteiger partial charge in [-0.1, -0.05) is 11.6 Å². The third-order valence-corrected chi connectivity index (χ3v) is 6.75. The van der Waals surface area contributed by atoms with E-state index in [-0.39, 0.29) is 23.4 Å². The quantitative estimate of drug-likeness (QED) is 0.243. The Bertz CT molecular complexity index is 1590. The number of rotatable bonds is 8. The van der Waals surface area contributed by atoms with Gasteiger partial charge in [0.15, 0.2) is 11.6 Å². The van der Waals surface area contributed by atoms with Crippen LogP contribution in [0.4, 0.5) is 23.2 Å². The number of benzene rings is 2. The molecule has 0 saturated heterocycles. The summed E-state index contributed by atoms with van der Waals surface area (Å²) in [6.07, 6.45) is 0.748. The van der Waals surface area contributed by atoms with Crippen LogP contribution in [0, 0.1) is 5.82 Å². The molecule has 1 fully saturated rings. The molecule has 1 saturated carbocycles. The minimum Gasteiger partial charge on any atom is -0.478 e. The van der Waals surface area contributed by atoms with E-state index in [1.54, 1.807) is 0 Å². The maximum atomic E-state index is 15.4. The summed E-state index contributed by atoms with van der Waals surface area (Å²) in [5.41, 5.74) is -1.80. The monoisotopic (exact) mass is 589 g/mol. The highest BCUT2D eigenvalue weighted by atomic mass is 35.5. The molecule has 0 atom stereocenters. The van der Waals surface area contributed by atoms with E-state index in [0.29, 0.717) is 17.9 Å². The highest BCUT2D eigenvalue weighted by Gasteiger charge is 2.37. The molecule has 1 amide bonds. The van der Waals surface area contributed by atoms with Crippen molar-refractivity contribution in [3.05, 3.63) is 94.1 Å². The van der Waals surface area contributed by atoms with E-state index >= 15 is 4.39 Å². The molecule has 1 aliphatic carbocycles. The Morgan fingerprint density at radius 3 is 2.37 bits per heavy atom. The van der Waals surface area contributed by atoms with Crippen molar-refractivity contribution in [2.24, 2.45) is 0 Å². The summed E-state index contributed by atoms with van der Waals surface area (Å²) in [6, 6.07) is 7.78. The Hall–Kier alpha value is -4.52. The first kappa shape index (κ1) is 28.0. The van der Waals surface area contributed by atoms with Crippen molar-refractivity contribution in [1.82, 2.24) is 20.0 Å². The van der Waals surface area contributed by atoms with Crippen LogP contribution < -0.4 is 9.64 Å². The van der Waals surface area contributed by atoms with Crippen LogP contribution in [0.1, 0.15) is 51.1 Å². The van der Waals surface area contributed by atoms with Gasteiger partial charge in [-0.15, -0.1) is 0 Å². The number of hydrogen-bond acceptors (Lipinski definition) is 6. The summed E-state index contributed by atoms with van der Waals surface area (Å²) in [5.74, 6) is -5.09. The lowest BCUT2D eigenvalue weighted by Crippen LogP contribution is -2.45. The summed E-state index contributed by atoms with van der Waals surface area (Å²) in [4.78, 5) is 31.8. The zero-order valence-corrected chi connectivity index (χ0v) is 21.7.